The van der Waals surface area contributed by atoms with E-state index in [1.807, 2.05) is 70.2 Å². The van der Waals surface area contributed by atoms with Gasteiger partial charge < -0.3 is 19.4 Å². The molecule has 1 aliphatic heterocycles. The number of fused-ring (bicyclic) bond motifs is 3. The van der Waals surface area contributed by atoms with Crippen molar-refractivity contribution in [3.63, 3.8) is 0 Å². The molecular formula is C33H38BNO4Si. The molecule has 3 aromatic rings. The lowest BCUT2D eigenvalue weighted by Crippen LogP contribution is -2.41. The first-order valence-corrected chi connectivity index (χ1v) is 17.4. The van der Waals surface area contributed by atoms with Gasteiger partial charge in [0, 0.05) is 18.0 Å². The number of carbonyl (C=O) groups is 1. The minimum atomic E-state index is -1.58. The van der Waals surface area contributed by atoms with E-state index in [-0.39, 0.29) is 12.5 Å². The van der Waals surface area contributed by atoms with E-state index in [1.54, 1.807) is 0 Å². The predicted molar refractivity (Wildman–Crippen MR) is 164 cm³/mol. The quantitative estimate of drug-likeness (QED) is 0.301. The molecule has 1 saturated heterocycles. The van der Waals surface area contributed by atoms with E-state index in [1.165, 1.54) is 22.3 Å². The maximum Gasteiger partial charge on any atom is 0.494 e. The van der Waals surface area contributed by atoms with Crippen molar-refractivity contribution in [1.82, 2.24) is 5.32 Å². The molecule has 0 spiro atoms. The second-order valence-corrected chi connectivity index (χ2v) is 17.5. The number of carbonyl (C=O) groups excluding carboxylic acids is 1. The normalized spacial score (nSPS) is 17.0. The molecule has 0 atom stereocenters. The van der Waals surface area contributed by atoms with Crippen LogP contribution in [0.2, 0.25) is 19.6 Å². The van der Waals surface area contributed by atoms with E-state index >= 15 is 0 Å². The highest BCUT2D eigenvalue weighted by atomic mass is 28.3. The number of rotatable bonds is 5. The fourth-order valence-corrected chi connectivity index (χ4v) is 5.61. The number of nitrogens with one attached hydrogen (secondary N) is 1. The molecule has 0 aromatic heterocycles. The Labute approximate surface area is 239 Å². The summed E-state index contributed by atoms with van der Waals surface area (Å²) in [6.45, 7) is 15.4. The van der Waals surface area contributed by atoms with Gasteiger partial charge in [-0.05, 0) is 73.1 Å². The smallest absolute Gasteiger partial charge is 0.449 e. The Balaban J connectivity index is 1.30. The van der Waals surface area contributed by atoms with Crippen molar-refractivity contribution in [3.8, 4) is 22.6 Å². The molecule has 0 unspecified atom stereocenters. The summed E-state index contributed by atoms with van der Waals surface area (Å²) in [5, 5.41) is 2.94. The van der Waals surface area contributed by atoms with Crippen LogP contribution in [-0.4, -0.2) is 39.1 Å². The number of amides is 1. The Morgan fingerprint density at radius 2 is 1.50 bits per heavy atom. The molecular weight excluding hydrogens is 513 g/mol. The van der Waals surface area contributed by atoms with Gasteiger partial charge in [-0.25, -0.2) is 4.79 Å². The summed E-state index contributed by atoms with van der Waals surface area (Å²) in [6, 6.07) is 22.7. The molecule has 3 aromatic carbocycles. The minimum Gasteiger partial charge on any atom is -0.449 e. The fraction of sp³-hybridized carbons (Fsp3) is 0.364. The van der Waals surface area contributed by atoms with Gasteiger partial charge in [0.1, 0.15) is 14.7 Å². The van der Waals surface area contributed by atoms with Crippen LogP contribution in [0, 0.1) is 11.5 Å². The van der Waals surface area contributed by atoms with E-state index < -0.39 is 32.5 Å². The van der Waals surface area contributed by atoms with E-state index in [9.17, 15) is 4.79 Å². The summed E-state index contributed by atoms with van der Waals surface area (Å²) >= 11 is 0. The molecule has 0 radical (unpaired) electrons. The van der Waals surface area contributed by atoms with Crippen molar-refractivity contribution in [1.29, 1.82) is 0 Å². The molecule has 5 nitrogen and oxygen atoms in total. The van der Waals surface area contributed by atoms with Crippen LogP contribution in [0.15, 0.2) is 66.7 Å². The lowest BCUT2D eigenvalue weighted by atomic mass is 9.77. The van der Waals surface area contributed by atoms with Crippen molar-refractivity contribution < 1.29 is 18.8 Å². The van der Waals surface area contributed by atoms with Crippen molar-refractivity contribution in [3.05, 3.63) is 89.0 Å². The van der Waals surface area contributed by atoms with Crippen LogP contribution in [-0.2, 0) is 20.6 Å². The van der Waals surface area contributed by atoms with Gasteiger partial charge in [0.05, 0.1) is 11.2 Å². The van der Waals surface area contributed by atoms with E-state index in [4.69, 9.17) is 14.0 Å². The third-order valence-corrected chi connectivity index (χ3v) is 8.78. The highest BCUT2D eigenvalue weighted by Gasteiger charge is 2.51. The molecule has 0 saturated carbocycles. The Bertz CT molecular complexity index is 1440. The van der Waals surface area contributed by atoms with Crippen LogP contribution in [0.1, 0.15) is 55.9 Å². The van der Waals surface area contributed by atoms with Gasteiger partial charge in [-0.15, -0.1) is 5.54 Å². The lowest BCUT2D eigenvalue weighted by Gasteiger charge is -2.32. The van der Waals surface area contributed by atoms with Crippen molar-refractivity contribution >= 4 is 26.7 Å². The zero-order valence-corrected chi connectivity index (χ0v) is 25.6. The summed E-state index contributed by atoms with van der Waals surface area (Å²) in [5.74, 6) is 3.38. The standard InChI is InChI=1S/C33H38BNO4Si/c1-32(2)33(3,4)39-34(38-32)25-19-23(16-17-40(5,6)7)18-24(20-25)21-35-31(36)37-22-30-28-14-10-8-12-26(28)27-13-9-11-15-29(27)30/h8-15,18-20,30H,21-22H2,1-7H3,(H,35,36). The Hall–Kier alpha value is -3.31. The molecule has 1 heterocycles. The van der Waals surface area contributed by atoms with Crippen LogP contribution in [0.5, 0.6) is 0 Å². The lowest BCUT2D eigenvalue weighted by molar-refractivity contribution is 0.00578. The molecule has 0 bridgehead atoms. The predicted octanol–water partition coefficient (Wildman–Crippen LogP) is 6.25. The van der Waals surface area contributed by atoms with Gasteiger partial charge in [-0.1, -0.05) is 80.2 Å². The molecule has 1 N–H and O–H groups in total. The Morgan fingerprint density at radius 1 is 0.925 bits per heavy atom. The van der Waals surface area contributed by atoms with E-state index in [0.29, 0.717) is 6.54 Å². The number of benzene rings is 3. The highest BCUT2D eigenvalue weighted by molar-refractivity contribution is 6.83. The van der Waals surface area contributed by atoms with Gasteiger partial charge in [0.2, 0.25) is 0 Å². The van der Waals surface area contributed by atoms with Crippen molar-refractivity contribution in [2.75, 3.05) is 6.61 Å². The fourth-order valence-electron chi connectivity index (χ4n) is 5.09. The van der Waals surface area contributed by atoms with Gasteiger partial charge in [0.15, 0.2) is 0 Å². The van der Waals surface area contributed by atoms with Gasteiger partial charge in [0.25, 0.3) is 0 Å². The van der Waals surface area contributed by atoms with E-state index in [0.717, 1.165) is 16.6 Å². The van der Waals surface area contributed by atoms with Crippen molar-refractivity contribution in [2.45, 2.75) is 71.0 Å². The first-order chi connectivity index (χ1) is 18.8. The Morgan fingerprint density at radius 3 is 2.08 bits per heavy atom. The zero-order chi connectivity index (χ0) is 28.7. The van der Waals surface area contributed by atoms with Crippen LogP contribution >= 0.6 is 0 Å². The molecule has 1 fully saturated rings. The summed E-state index contributed by atoms with van der Waals surface area (Å²) < 4.78 is 18.4. The first kappa shape index (κ1) is 28.2. The Kier molecular flexibility index (Phi) is 7.47. The summed E-state index contributed by atoms with van der Waals surface area (Å²) in [5.41, 5.74) is 10.0. The van der Waals surface area contributed by atoms with Gasteiger partial charge in [-0.3, -0.25) is 0 Å². The average molecular weight is 552 g/mol. The molecule has 40 heavy (non-hydrogen) atoms. The monoisotopic (exact) mass is 551 g/mol. The van der Waals surface area contributed by atoms with Crippen LogP contribution < -0.4 is 10.8 Å². The number of alkyl carbamates (subject to hydrolysis) is 1. The van der Waals surface area contributed by atoms with Crippen LogP contribution in [0.3, 0.4) is 0 Å². The minimum absolute atomic E-state index is 0.0216. The topological polar surface area (TPSA) is 56.8 Å². The zero-order valence-electron chi connectivity index (χ0n) is 24.6. The van der Waals surface area contributed by atoms with Gasteiger partial charge in [-0.2, -0.15) is 0 Å². The second-order valence-electron chi connectivity index (χ2n) is 12.7. The number of hydrogen-bond donors (Lipinski definition) is 1. The summed E-state index contributed by atoms with van der Waals surface area (Å²) in [6.07, 6.45) is -0.447. The molecule has 206 valence electrons. The molecule has 7 heteroatoms. The van der Waals surface area contributed by atoms with Gasteiger partial charge >= 0.3 is 13.2 Å². The molecule has 2 aliphatic rings. The molecule has 5 rings (SSSR count). The third kappa shape index (κ3) is 5.90. The largest absolute Gasteiger partial charge is 0.494 e. The summed E-state index contributed by atoms with van der Waals surface area (Å²) in [7, 11) is -2.08. The third-order valence-electron chi connectivity index (χ3n) is 7.90. The maximum atomic E-state index is 12.8. The number of hydrogen-bond acceptors (Lipinski definition) is 4. The number of ether oxygens (including phenoxy) is 1. The second kappa shape index (κ2) is 10.6. The molecule has 1 aliphatic carbocycles. The van der Waals surface area contributed by atoms with Crippen LogP contribution in [0.25, 0.3) is 11.1 Å². The molecule has 1 amide bonds. The van der Waals surface area contributed by atoms with Crippen LogP contribution in [0.4, 0.5) is 4.79 Å². The van der Waals surface area contributed by atoms with Crippen molar-refractivity contribution in [2.24, 2.45) is 0 Å². The SMILES string of the molecule is CC1(C)OB(c2cc(C#C[Si](C)(C)C)cc(CNC(=O)OCC3c4ccccc4-c4ccccc43)c2)OC1(C)C. The average Bonchev–Trinajstić information content (AvgIpc) is 3.33. The first-order valence-electron chi connectivity index (χ1n) is 13.9. The summed E-state index contributed by atoms with van der Waals surface area (Å²) in [4.78, 5) is 12.8. The van der Waals surface area contributed by atoms with E-state index in [2.05, 4.69) is 60.7 Å². The highest BCUT2D eigenvalue weighted by Crippen LogP contribution is 2.44. The maximum absolute atomic E-state index is 12.8.